The Hall–Kier alpha value is -2.34. The van der Waals surface area contributed by atoms with Crippen LogP contribution < -0.4 is 21.2 Å². The van der Waals surface area contributed by atoms with Crippen LogP contribution in [-0.4, -0.2) is 36.5 Å². The van der Waals surface area contributed by atoms with E-state index in [2.05, 4.69) is 145 Å². The number of benzene rings is 4. The smallest absolute Gasteiger partial charge is 0.0278 e. The zero-order chi connectivity index (χ0) is 22.9. The molecule has 33 heavy (non-hydrogen) atoms. The molecule has 0 amide bonds. The fourth-order valence-electron chi connectivity index (χ4n) is 4.09. The molecule has 0 radical (unpaired) electrons. The molecule has 0 saturated carbocycles. The third-order valence-corrected chi connectivity index (χ3v) is 10.6. The van der Waals surface area contributed by atoms with E-state index in [0.717, 1.165) is 19.5 Å². The minimum absolute atomic E-state index is 0.526. The fourth-order valence-corrected chi connectivity index (χ4v) is 8.77. The molecule has 4 rings (SSSR count). The monoisotopic (exact) mass is 470 g/mol. The van der Waals surface area contributed by atoms with Crippen molar-refractivity contribution < 1.29 is 0 Å². The maximum absolute atomic E-state index is 2.56. The minimum atomic E-state index is -0.526. The lowest BCUT2D eigenvalue weighted by Gasteiger charge is -2.32. The lowest BCUT2D eigenvalue weighted by atomic mass is 10.4. The van der Waals surface area contributed by atoms with Crippen LogP contribution in [0.4, 0.5) is 0 Å². The second kappa shape index (κ2) is 12.2. The average Bonchev–Trinajstić information content (AvgIpc) is 2.87. The predicted molar refractivity (Wildman–Crippen MR) is 148 cm³/mol. The summed E-state index contributed by atoms with van der Waals surface area (Å²) in [4.78, 5) is 0. The average molecular weight is 471 g/mol. The molecule has 168 valence electrons. The van der Waals surface area contributed by atoms with E-state index in [1.807, 2.05) is 0 Å². The van der Waals surface area contributed by atoms with Crippen molar-refractivity contribution in [2.24, 2.45) is 0 Å². The Morgan fingerprint density at radius 2 is 0.667 bits per heavy atom. The Bertz CT molecular complexity index is 908. The third-order valence-electron chi connectivity index (χ3n) is 5.65. The van der Waals surface area contributed by atoms with Crippen molar-refractivity contribution >= 4 is 37.4 Å². The van der Waals surface area contributed by atoms with Crippen molar-refractivity contribution in [1.29, 1.82) is 0 Å². The highest BCUT2D eigenvalue weighted by atomic mass is 31.1. The Balaban J connectivity index is 1.46. The van der Waals surface area contributed by atoms with E-state index in [9.17, 15) is 0 Å². The number of hydrogen-bond acceptors (Lipinski definition) is 2. The highest BCUT2D eigenvalue weighted by Crippen LogP contribution is 2.39. The first-order chi connectivity index (χ1) is 16.2. The Morgan fingerprint density at radius 1 is 0.424 bits per heavy atom. The number of hydrogen-bond donors (Lipinski definition) is 0. The molecule has 0 spiro atoms. The highest BCUT2D eigenvalue weighted by molar-refractivity contribution is 7.71. The molecule has 0 atom stereocenters. The molecule has 4 aromatic rings. The highest BCUT2D eigenvalue weighted by Gasteiger charge is 2.21. The maximum Gasteiger partial charge on any atom is 0.0278 e. The molecule has 0 aliphatic carbocycles. The molecule has 0 aliphatic rings. The molecule has 2 nitrogen and oxygen atoms in total. The van der Waals surface area contributed by atoms with Crippen molar-refractivity contribution in [3.8, 4) is 0 Å². The van der Waals surface area contributed by atoms with E-state index in [-0.39, 0.29) is 0 Å². The zero-order valence-electron chi connectivity index (χ0n) is 19.5. The Morgan fingerprint density at radius 3 is 0.909 bits per heavy atom. The molecule has 0 N–H and O–H groups in total. The van der Waals surface area contributed by atoms with Crippen LogP contribution in [0.15, 0.2) is 121 Å². The molecule has 0 aliphatic heterocycles. The molecular formula is C29H32N2P2. The van der Waals surface area contributed by atoms with Gasteiger partial charge in [-0.05, 0) is 41.7 Å². The molecular weight excluding hydrogens is 438 g/mol. The van der Waals surface area contributed by atoms with Gasteiger partial charge in [0.25, 0.3) is 0 Å². The lowest BCUT2D eigenvalue weighted by Crippen LogP contribution is -2.30. The minimum Gasteiger partial charge on any atom is -0.278 e. The maximum atomic E-state index is 2.56. The van der Waals surface area contributed by atoms with E-state index in [1.165, 1.54) is 21.2 Å². The van der Waals surface area contributed by atoms with Gasteiger partial charge in [0.05, 0.1) is 0 Å². The molecule has 0 saturated heterocycles. The normalized spacial score (nSPS) is 11.6. The van der Waals surface area contributed by atoms with E-state index >= 15 is 0 Å². The van der Waals surface area contributed by atoms with Gasteiger partial charge in [0.15, 0.2) is 0 Å². The molecule has 4 aromatic carbocycles. The van der Waals surface area contributed by atoms with Crippen LogP contribution in [0.2, 0.25) is 0 Å². The summed E-state index contributed by atoms with van der Waals surface area (Å²) in [7, 11) is 3.51. The summed E-state index contributed by atoms with van der Waals surface area (Å²) in [6, 6.07) is 43.8. The fraction of sp³-hybridized carbons (Fsp3) is 0.172. The van der Waals surface area contributed by atoms with Crippen LogP contribution in [0.25, 0.3) is 0 Å². The molecule has 0 fully saturated rings. The van der Waals surface area contributed by atoms with Gasteiger partial charge in [0.1, 0.15) is 0 Å². The molecule has 0 bridgehead atoms. The summed E-state index contributed by atoms with van der Waals surface area (Å²) in [5.41, 5.74) is 0. The van der Waals surface area contributed by atoms with E-state index in [1.54, 1.807) is 0 Å². The first kappa shape index (κ1) is 23.8. The van der Waals surface area contributed by atoms with Crippen LogP contribution in [0, 0.1) is 0 Å². The predicted octanol–water partition coefficient (Wildman–Crippen LogP) is 5.34. The summed E-state index contributed by atoms with van der Waals surface area (Å²) < 4.78 is 5.11. The van der Waals surface area contributed by atoms with E-state index in [4.69, 9.17) is 0 Å². The van der Waals surface area contributed by atoms with Crippen molar-refractivity contribution in [3.05, 3.63) is 121 Å². The molecule has 0 heterocycles. The van der Waals surface area contributed by atoms with Crippen molar-refractivity contribution in [2.75, 3.05) is 27.2 Å². The lowest BCUT2D eigenvalue weighted by molar-refractivity contribution is 0.466. The van der Waals surface area contributed by atoms with Gasteiger partial charge in [-0.25, -0.2) is 0 Å². The third kappa shape index (κ3) is 6.38. The summed E-state index contributed by atoms with van der Waals surface area (Å²) in [6.07, 6.45) is 1.13. The van der Waals surface area contributed by atoms with Gasteiger partial charge in [0, 0.05) is 29.2 Å². The number of nitrogens with zero attached hydrogens (tertiary/aromatic N) is 2. The first-order valence-electron chi connectivity index (χ1n) is 11.5. The van der Waals surface area contributed by atoms with Crippen LogP contribution in [-0.2, 0) is 0 Å². The van der Waals surface area contributed by atoms with Crippen molar-refractivity contribution in [2.45, 2.75) is 6.42 Å². The molecule has 0 unspecified atom stereocenters. The Labute approximate surface area is 201 Å². The molecule has 4 heteroatoms. The zero-order valence-corrected chi connectivity index (χ0v) is 21.2. The van der Waals surface area contributed by atoms with Gasteiger partial charge < -0.3 is 0 Å². The van der Waals surface area contributed by atoms with Crippen LogP contribution in [0.1, 0.15) is 6.42 Å². The number of rotatable bonds is 10. The van der Waals surface area contributed by atoms with Gasteiger partial charge >= 0.3 is 0 Å². The van der Waals surface area contributed by atoms with Gasteiger partial charge in [-0.3, -0.25) is 9.34 Å². The van der Waals surface area contributed by atoms with Gasteiger partial charge in [-0.15, -0.1) is 0 Å². The van der Waals surface area contributed by atoms with Gasteiger partial charge in [-0.1, -0.05) is 121 Å². The van der Waals surface area contributed by atoms with Crippen LogP contribution in [0.3, 0.4) is 0 Å². The van der Waals surface area contributed by atoms with Crippen molar-refractivity contribution in [3.63, 3.8) is 0 Å². The molecule has 0 aromatic heterocycles. The largest absolute Gasteiger partial charge is 0.278 e. The SMILES string of the molecule is CN(CCCN(C)P(c1ccccc1)c1ccccc1)P(c1ccccc1)c1ccccc1. The topological polar surface area (TPSA) is 6.48 Å². The Kier molecular flexibility index (Phi) is 8.81. The van der Waals surface area contributed by atoms with E-state index in [0.29, 0.717) is 0 Å². The quantitative estimate of drug-likeness (QED) is 0.289. The van der Waals surface area contributed by atoms with Gasteiger partial charge in [0.2, 0.25) is 0 Å². The van der Waals surface area contributed by atoms with E-state index < -0.39 is 16.1 Å². The van der Waals surface area contributed by atoms with Crippen molar-refractivity contribution in [1.82, 2.24) is 9.34 Å². The summed E-state index contributed by atoms with van der Waals surface area (Å²) in [6.45, 7) is 2.12. The second-order valence-electron chi connectivity index (χ2n) is 8.08. The van der Waals surface area contributed by atoms with Crippen LogP contribution in [0.5, 0.6) is 0 Å². The summed E-state index contributed by atoms with van der Waals surface area (Å²) >= 11 is 0. The standard InChI is InChI=1S/C29H32N2P2/c1-30(32(26-16-7-3-8-17-26)27-18-9-4-10-19-27)24-15-25-31(2)33(28-20-11-5-12-21-28)29-22-13-6-14-23-29/h3-14,16-23H,15,24-25H2,1-2H3. The van der Waals surface area contributed by atoms with Gasteiger partial charge in [-0.2, -0.15) is 0 Å². The second-order valence-corrected chi connectivity index (χ2v) is 12.8. The van der Waals surface area contributed by atoms with Crippen LogP contribution >= 0.6 is 16.1 Å². The summed E-state index contributed by atoms with van der Waals surface area (Å²) in [5.74, 6) is 0. The first-order valence-corrected chi connectivity index (χ1v) is 14.1. The summed E-state index contributed by atoms with van der Waals surface area (Å²) in [5, 5.41) is 5.63.